The maximum absolute atomic E-state index is 4.72. The molecule has 3 heterocycles. The van der Waals surface area contributed by atoms with E-state index in [9.17, 15) is 0 Å². The van der Waals surface area contributed by atoms with Crippen molar-refractivity contribution in [3.8, 4) is 33.9 Å². The second-order valence-corrected chi connectivity index (χ2v) is 9.31. The van der Waals surface area contributed by atoms with Crippen LogP contribution in [0.4, 0.5) is 0 Å². The minimum Gasteiger partial charge on any atom is -0.434 e. The van der Waals surface area contributed by atoms with Gasteiger partial charge in [0.25, 0.3) is 0 Å². The normalized spacial score (nSPS) is 12.6. The van der Waals surface area contributed by atoms with Gasteiger partial charge in [-0.2, -0.15) is 0 Å². The summed E-state index contributed by atoms with van der Waals surface area (Å²) in [6, 6.07) is 35.6. The summed E-state index contributed by atoms with van der Waals surface area (Å²) in [5.74, 6) is 0.695. The van der Waals surface area contributed by atoms with Gasteiger partial charge in [0.15, 0.2) is 0 Å². The molecule has 37 heavy (non-hydrogen) atoms. The molecule has 1 aliphatic rings. The first-order valence-corrected chi connectivity index (χ1v) is 12.0. The Bertz CT molecular complexity index is 1610. The molecule has 1 radical (unpaired) electrons. The van der Waals surface area contributed by atoms with Crippen LogP contribution in [0.15, 0.2) is 109 Å². The Balaban J connectivity index is 0.000000183. The summed E-state index contributed by atoms with van der Waals surface area (Å²) in [4.78, 5) is 18.0. The zero-order valence-electron chi connectivity index (χ0n) is 20.5. The van der Waals surface area contributed by atoms with Crippen LogP contribution in [-0.2, 0) is 25.5 Å². The van der Waals surface area contributed by atoms with Crippen molar-refractivity contribution in [2.45, 2.75) is 19.3 Å². The molecular weight excluding hydrogens is 633 g/mol. The van der Waals surface area contributed by atoms with E-state index in [2.05, 4.69) is 66.3 Å². The van der Waals surface area contributed by atoms with E-state index in [4.69, 9.17) is 9.97 Å². The van der Waals surface area contributed by atoms with Crippen LogP contribution in [0.25, 0.3) is 44.9 Å². The quantitative estimate of drug-likeness (QED) is 0.187. The summed E-state index contributed by atoms with van der Waals surface area (Å²) in [7, 11) is 0. The van der Waals surface area contributed by atoms with Gasteiger partial charge in [-0.25, -0.2) is 0 Å². The molecule has 3 aromatic heterocycles. The molecule has 6 aromatic rings. The number of hydrogen-bond donors (Lipinski definition) is 0. The summed E-state index contributed by atoms with van der Waals surface area (Å²) < 4.78 is 0. The Kier molecular flexibility index (Phi) is 6.83. The summed E-state index contributed by atoms with van der Waals surface area (Å²) in [6.45, 7) is 4.55. The SMILES string of the molecule is CC1(C)c2ccccc2-c2cc3nc(-c4ccccn4)[n-]c3cc21.[Ir].[c-]1ccccc1-c1ccccn1. The Morgan fingerprint density at radius 1 is 0.703 bits per heavy atom. The number of rotatable bonds is 2. The molecule has 0 bridgehead atoms. The van der Waals surface area contributed by atoms with Gasteiger partial charge in [-0.05, 0) is 63.0 Å². The Morgan fingerprint density at radius 3 is 2.11 bits per heavy atom. The standard InChI is InChI=1S/C21H16N3.C11H8N.Ir/c1-21(2)15-8-4-3-7-13(15)14-11-18-19(12-16(14)21)24-20(23-18)17-9-5-6-10-22-17;1-2-6-10(7-3-1)11-8-4-5-9-12-11;/h3-12H,1-2H3;1-6,8-9H;/q2*-1;. The molecule has 0 spiro atoms. The summed E-state index contributed by atoms with van der Waals surface area (Å²) in [5.41, 5.74) is 9.96. The van der Waals surface area contributed by atoms with Crippen LogP contribution in [-0.4, -0.2) is 15.0 Å². The fraction of sp³-hybridized carbons (Fsp3) is 0.0938. The molecular formula is C32H24IrN4-2. The maximum atomic E-state index is 4.72. The molecule has 4 nitrogen and oxygen atoms in total. The predicted molar refractivity (Wildman–Crippen MR) is 144 cm³/mol. The third kappa shape index (κ3) is 4.64. The van der Waals surface area contributed by atoms with Crippen molar-refractivity contribution in [3.05, 3.63) is 127 Å². The maximum Gasteiger partial charge on any atom is 0.0620 e. The number of aromatic nitrogens is 4. The van der Waals surface area contributed by atoms with Gasteiger partial charge in [-0.1, -0.05) is 68.4 Å². The van der Waals surface area contributed by atoms with E-state index in [-0.39, 0.29) is 25.5 Å². The average molecular weight is 657 g/mol. The van der Waals surface area contributed by atoms with Gasteiger partial charge in [0.2, 0.25) is 0 Å². The van der Waals surface area contributed by atoms with Crippen LogP contribution < -0.4 is 4.98 Å². The Hall–Kier alpha value is -3.92. The van der Waals surface area contributed by atoms with E-state index < -0.39 is 0 Å². The molecule has 1 aliphatic carbocycles. The molecule has 0 amide bonds. The molecule has 0 N–H and O–H groups in total. The third-order valence-corrected chi connectivity index (χ3v) is 6.68. The second-order valence-electron chi connectivity index (χ2n) is 9.31. The third-order valence-electron chi connectivity index (χ3n) is 6.68. The van der Waals surface area contributed by atoms with Gasteiger partial charge in [-0.3, -0.25) is 4.98 Å². The Morgan fingerprint density at radius 2 is 1.41 bits per heavy atom. The van der Waals surface area contributed by atoms with E-state index in [1.54, 1.807) is 12.4 Å². The van der Waals surface area contributed by atoms with Crippen molar-refractivity contribution in [1.82, 2.24) is 19.9 Å². The van der Waals surface area contributed by atoms with Crippen LogP contribution in [0.3, 0.4) is 0 Å². The topological polar surface area (TPSA) is 52.8 Å². The molecule has 183 valence electrons. The smallest absolute Gasteiger partial charge is 0.0620 e. The van der Waals surface area contributed by atoms with Crippen molar-refractivity contribution in [2.75, 3.05) is 0 Å². The first kappa shape index (κ1) is 24.8. The molecule has 0 fully saturated rings. The van der Waals surface area contributed by atoms with E-state index in [0.29, 0.717) is 5.82 Å². The molecule has 5 heteroatoms. The minimum absolute atomic E-state index is 0. The molecule has 0 saturated heterocycles. The molecule has 0 atom stereocenters. The predicted octanol–water partition coefficient (Wildman–Crippen LogP) is 7.11. The number of nitrogens with zero attached hydrogens (tertiary/aromatic N) is 4. The number of imidazole rings is 1. The van der Waals surface area contributed by atoms with Crippen molar-refractivity contribution < 1.29 is 20.1 Å². The second kappa shape index (κ2) is 10.2. The van der Waals surface area contributed by atoms with Crippen molar-refractivity contribution in [2.24, 2.45) is 0 Å². The van der Waals surface area contributed by atoms with Crippen LogP contribution in [0.1, 0.15) is 25.0 Å². The van der Waals surface area contributed by atoms with Crippen LogP contribution in [0, 0.1) is 6.07 Å². The van der Waals surface area contributed by atoms with Crippen LogP contribution in [0.5, 0.6) is 0 Å². The van der Waals surface area contributed by atoms with Gasteiger partial charge in [0.1, 0.15) is 0 Å². The zero-order chi connectivity index (χ0) is 24.5. The first-order valence-electron chi connectivity index (χ1n) is 12.0. The van der Waals surface area contributed by atoms with E-state index in [1.165, 1.54) is 22.3 Å². The summed E-state index contributed by atoms with van der Waals surface area (Å²) in [5, 5.41) is 0. The molecule has 3 aromatic carbocycles. The zero-order valence-corrected chi connectivity index (χ0v) is 22.9. The van der Waals surface area contributed by atoms with E-state index in [0.717, 1.165) is 28.0 Å². The van der Waals surface area contributed by atoms with Gasteiger partial charge in [0.05, 0.1) is 5.69 Å². The number of hydrogen-bond acceptors (Lipinski definition) is 3. The van der Waals surface area contributed by atoms with Crippen molar-refractivity contribution in [1.29, 1.82) is 0 Å². The van der Waals surface area contributed by atoms with Crippen LogP contribution >= 0.6 is 0 Å². The average Bonchev–Trinajstić information content (AvgIpc) is 3.46. The molecule has 0 unspecified atom stereocenters. The number of pyridine rings is 2. The minimum atomic E-state index is -0.00970. The van der Waals surface area contributed by atoms with Gasteiger partial charge >= 0.3 is 0 Å². The first-order chi connectivity index (χ1) is 17.6. The van der Waals surface area contributed by atoms with E-state index >= 15 is 0 Å². The van der Waals surface area contributed by atoms with Gasteiger partial charge in [-0.15, -0.1) is 35.9 Å². The van der Waals surface area contributed by atoms with Crippen LogP contribution in [0.2, 0.25) is 0 Å². The fourth-order valence-electron chi connectivity index (χ4n) is 4.84. The van der Waals surface area contributed by atoms with Crippen molar-refractivity contribution in [3.63, 3.8) is 0 Å². The van der Waals surface area contributed by atoms with Crippen molar-refractivity contribution >= 4 is 11.0 Å². The Labute approximate surface area is 230 Å². The summed E-state index contributed by atoms with van der Waals surface area (Å²) >= 11 is 0. The molecule has 0 aliphatic heterocycles. The molecule has 0 saturated carbocycles. The number of benzene rings is 3. The monoisotopic (exact) mass is 657 g/mol. The largest absolute Gasteiger partial charge is 0.434 e. The van der Waals surface area contributed by atoms with E-state index in [1.807, 2.05) is 60.7 Å². The van der Waals surface area contributed by atoms with Gasteiger partial charge in [0, 0.05) is 37.9 Å². The summed E-state index contributed by atoms with van der Waals surface area (Å²) in [6.07, 6.45) is 3.56. The fourth-order valence-corrected chi connectivity index (χ4v) is 4.84. The van der Waals surface area contributed by atoms with Gasteiger partial charge < -0.3 is 15.0 Å². The number of fused-ring (bicyclic) bond motifs is 4. The molecule has 7 rings (SSSR count).